The molecule has 3 aliphatic rings. The zero-order chi connectivity index (χ0) is 27.0. The Balaban J connectivity index is 1.68. The summed E-state index contributed by atoms with van der Waals surface area (Å²) in [5.41, 5.74) is 1.94. The first-order chi connectivity index (χ1) is 17.5. The van der Waals surface area contributed by atoms with Gasteiger partial charge in [-0.25, -0.2) is 4.79 Å². The molecular formula is C28H37BClN2O5. The van der Waals surface area contributed by atoms with Gasteiger partial charge in [-0.15, -0.1) is 0 Å². The van der Waals surface area contributed by atoms with Crippen LogP contribution in [0.1, 0.15) is 52.0 Å². The fraction of sp³-hybridized carbons (Fsp3) is 0.571. The molecule has 5 atom stereocenters. The number of hydrogen-bond acceptors (Lipinski definition) is 5. The first kappa shape index (κ1) is 27.6. The molecule has 37 heavy (non-hydrogen) atoms. The zero-order valence-corrected chi connectivity index (χ0v) is 23.4. The molecule has 4 rings (SSSR count). The average molecular weight is 528 g/mol. The van der Waals surface area contributed by atoms with E-state index in [1.807, 2.05) is 37.3 Å². The summed E-state index contributed by atoms with van der Waals surface area (Å²) in [5, 5.41) is 3.23. The number of rotatable bonds is 2. The number of nitrogens with one attached hydrogen (secondary N) is 1. The molecule has 1 unspecified atom stereocenters. The Labute approximate surface area is 225 Å². The molecule has 4 bridgehead atoms. The summed E-state index contributed by atoms with van der Waals surface area (Å²) < 4.78 is 17.1. The maximum atomic E-state index is 13.3. The molecule has 0 spiro atoms. The standard InChI is InChI=1S/C28H37BClN2O5/c1-17-9-7-8-11-28(36-6)16-22(37-26(34)31-28)18(2)25-27(3,29-25)12-10-23(33)32(4)20-14-19(13-17)15-21(35-5)24(20)30/h7-9,14-15,18,22,25H,10-13,16H2,1-6H3,(H,31,34)/b8-7+,17-9+/t18-,22?,25-,27+,28-/m1/s1. The van der Waals surface area contributed by atoms with E-state index in [2.05, 4.69) is 26.4 Å². The Morgan fingerprint density at radius 3 is 2.73 bits per heavy atom. The van der Waals surface area contributed by atoms with Crippen molar-refractivity contribution in [3.63, 3.8) is 0 Å². The number of fused-ring (bicyclic) bond motifs is 5. The van der Waals surface area contributed by atoms with Gasteiger partial charge in [-0.1, -0.05) is 60.4 Å². The summed E-state index contributed by atoms with van der Waals surface area (Å²) in [5.74, 6) is 0.881. The number of carbonyl (C=O) groups is 2. The highest BCUT2D eigenvalue weighted by atomic mass is 35.5. The number of nitrogens with zero attached hydrogens (tertiary/aromatic N) is 1. The fourth-order valence-corrected chi connectivity index (χ4v) is 6.01. The van der Waals surface area contributed by atoms with Crippen molar-refractivity contribution in [2.75, 3.05) is 26.2 Å². The van der Waals surface area contributed by atoms with Crippen LogP contribution in [0.25, 0.3) is 0 Å². The van der Waals surface area contributed by atoms with E-state index in [9.17, 15) is 9.59 Å². The minimum Gasteiger partial charge on any atom is -0.495 e. The van der Waals surface area contributed by atoms with Gasteiger partial charge >= 0.3 is 6.09 Å². The van der Waals surface area contributed by atoms with Crippen LogP contribution >= 0.6 is 11.6 Å². The lowest BCUT2D eigenvalue weighted by atomic mass is 9.84. The Morgan fingerprint density at radius 1 is 1.27 bits per heavy atom. The molecule has 1 aromatic carbocycles. The van der Waals surface area contributed by atoms with Crippen LogP contribution in [0, 0.1) is 5.92 Å². The number of methoxy groups -OCH3 is 2. The number of allylic oxidation sites excluding steroid dienone is 3. The molecule has 1 N–H and O–H groups in total. The third-order valence-electron chi connectivity index (χ3n) is 8.24. The third kappa shape index (κ3) is 5.85. The normalized spacial score (nSPS) is 34.7. The first-order valence-electron chi connectivity index (χ1n) is 12.9. The highest BCUT2D eigenvalue weighted by Crippen LogP contribution is 2.64. The summed E-state index contributed by atoms with van der Waals surface area (Å²) in [6, 6.07) is 3.88. The SMILES string of the molecule is COc1cc2cc(c1Cl)N(C)C(=O)CC[C@]1(C)[B][C@@H]1[C@H](C)C1C[C@](OC)(C/C=C/C=C(\C)C2)NC(=O)O1. The van der Waals surface area contributed by atoms with E-state index in [-0.39, 0.29) is 29.1 Å². The zero-order valence-electron chi connectivity index (χ0n) is 22.6. The highest BCUT2D eigenvalue weighted by molar-refractivity contribution is 6.56. The molecule has 0 aliphatic carbocycles. The predicted molar refractivity (Wildman–Crippen MR) is 147 cm³/mol. The van der Waals surface area contributed by atoms with E-state index in [0.29, 0.717) is 48.6 Å². The lowest BCUT2D eigenvalue weighted by Gasteiger charge is -2.42. The molecule has 3 heterocycles. The van der Waals surface area contributed by atoms with Crippen molar-refractivity contribution in [3.05, 3.63) is 46.5 Å². The summed E-state index contributed by atoms with van der Waals surface area (Å²) in [6.45, 7) is 6.34. The van der Waals surface area contributed by atoms with E-state index in [1.54, 1.807) is 26.2 Å². The lowest BCUT2D eigenvalue weighted by Crippen LogP contribution is -2.58. The predicted octanol–water partition coefficient (Wildman–Crippen LogP) is 5.70. The van der Waals surface area contributed by atoms with Crippen LogP contribution in [0.5, 0.6) is 5.75 Å². The van der Waals surface area contributed by atoms with Crippen LogP contribution in [-0.2, 0) is 20.7 Å². The van der Waals surface area contributed by atoms with Gasteiger partial charge in [-0.2, -0.15) is 0 Å². The number of alkyl carbamates (subject to hydrolysis) is 1. The molecule has 9 heteroatoms. The van der Waals surface area contributed by atoms with Gasteiger partial charge in [0.05, 0.1) is 12.8 Å². The first-order valence-corrected chi connectivity index (χ1v) is 13.2. The fourth-order valence-electron chi connectivity index (χ4n) is 5.69. The second kappa shape index (κ2) is 10.7. The van der Waals surface area contributed by atoms with Crippen LogP contribution in [0.15, 0.2) is 35.9 Å². The quantitative estimate of drug-likeness (QED) is 0.499. The maximum Gasteiger partial charge on any atom is 0.409 e. The number of halogens is 1. The van der Waals surface area contributed by atoms with Crippen molar-refractivity contribution in [2.45, 2.75) is 75.8 Å². The van der Waals surface area contributed by atoms with Crippen LogP contribution < -0.4 is 15.0 Å². The second-order valence-electron chi connectivity index (χ2n) is 10.9. The molecule has 3 aliphatic heterocycles. The molecule has 2 fully saturated rings. The number of anilines is 1. The largest absolute Gasteiger partial charge is 0.495 e. The van der Waals surface area contributed by atoms with Crippen molar-refractivity contribution in [1.29, 1.82) is 0 Å². The number of hydrogen-bond donors (Lipinski definition) is 1. The van der Waals surface area contributed by atoms with Gasteiger partial charge in [0, 0.05) is 33.4 Å². The van der Waals surface area contributed by atoms with Crippen molar-refractivity contribution < 1.29 is 23.8 Å². The Bertz CT molecular complexity index is 1120. The van der Waals surface area contributed by atoms with Gasteiger partial charge in [-0.3, -0.25) is 10.1 Å². The van der Waals surface area contributed by atoms with Gasteiger partial charge in [0.25, 0.3) is 0 Å². The minimum atomic E-state index is -0.822. The van der Waals surface area contributed by atoms with Crippen LogP contribution in [0.3, 0.4) is 0 Å². The van der Waals surface area contributed by atoms with E-state index in [0.717, 1.165) is 11.1 Å². The van der Waals surface area contributed by atoms with E-state index in [4.69, 9.17) is 25.8 Å². The Morgan fingerprint density at radius 2 is 2.03 bits per heavy atom. The van der Waals surface area contributed by atoms with E-state index < -0.39 is 11.8 Å². The molecular weight excluding hydrogens is 491 g/mol. The van der Waals surface area contributed by atoms with Crippen molar-refractivity contribution in [1.82, 2.24) is 5.32 Å². The number of benzene rings is 1. The van der Waals surface area contributed by atoms with Gasteiger partial charge in [0.2, 0.25) is 5.91 Å². The summed E-state index contributed by atoms with van der Waals surface area (Å²) >= 11 is 6.63. The van der Waals surface area contributed by atoms with Crippen LogP contribution in [0.4, 0.5) is 10.5 Å². The summed E-state index contributed by atoms with van der Waals surface area (Å²) in [6.07, 6.45) is 8.13. The number of carbonyl (C=O) groups excluding carboxylic acids is 2. The molecule has 199 valence electrons. The molecule has 2 saturated heterocycles. The van der Waals surface area contributed by atoms with E-state index in [1.165, 1.54) is 0 Å². The Hall–Kier alpha value is -2.45. The third-order valence-corrected chi connectivity index (χ3v) is 8.62. The number of ether oxygens (including phenoxy) is 3. The molecule has 0 aromatic heterocycles. The molecule has 1 radical (unpaired) electrons. The molecule has 7 nitrogen and oxygen atoms in total. The smallest absolute Gasteiger partial charge is 0.409 e. The topological polar surface area (TPSA) is 77.1 Å². The molecule has 2 amide bonds. The second-order valence-corrected chi connectivity index (χ2v) is 11.3. The summed E-state index contributed by atoms with van der Waals surface area (Å²) in [4.78, 5) is 27.4. The average Bonchev–Trinajstić information content (AvgIpc) is 3.55. The van der Waals surface area contributed by atoms with Crippen molar-refractivity contribution >= 4 is 36.6 Å². The van der Waals surface area contributed by atoms with Crippen molar-refractivity contribution in [3.8, 4) is 5.75 Å². The van der Waals surface area contributed by atoms with Crippen molar-refractivity contribution in [2.24, 2.45) is 5.92 Å². The summed E-state index contributed by atoms with van der Waals surface area (Å²) in [7, 11) is 7.24. The van der Waals surface area contributed by atoms with Gasteiger partial charge in [-0.05, 0) is 43.4 Å². The van der Waals surface area contributed by atoms with Gasteiger partial charge in [0.1, 0.15) is 29.9 Å². The van der Waals surface area contributed by atoms with Gasteiger partial charge in [0.15, 0.2) is 0 Å². The minimum absolute atomic E-state index is 0.00570. The van der Waals surface area contributed by atoms with Gasteiger partial charge < -0.3 is 19.1 Å². The van der Waals surface area contributed by atoms with E-state index >= 15 is 0 Å². The number of amides is 2. The highest BCUT2D eigenvalue weighted by Gasteiger charge is 2.56. The molecule has 0 saturated carbocycles. The van der Waals surface area contributed by atoms with Crippen LogP contribution in [0.2, 0.25) is 16.2 Å². The molecule has 1 aromatic rings. The Kier molecular flexibility index (Phi) is 8.00. The monoisotopic (exact) mass is 527 g/mol. The lowest BCUT2D eigenvalue weighted by molar-refractivity contribution is -0.118. The maximum absolute atomic E-state index is 13.3. The van der Waals surface area contributed by atoms with Crippen LogP contribution in [-0.4, -0.2) is 52.4 Å².